The van der Waals surface area contributed by atoms with Gasteiger partial charge in [0.2, 0.25) is 10.0 Å². The Bertz CT molecular complexity index is 652. The summed E-state index contributed by atoms with van der Waals surface area (Å²) in [5.74, 6) is 0.126. The molecule has 1 aromatic rings. The van der Waals surface area contributed by atoms with Gasteiger partial charge in [-0.2, -0.15) is 0 Å². The summed E-state index contributed by atoms with van der Waals surface area (Å²) >= 11 is 0. The van der Waals surface area contributed by atoms with Crippen LogP contribution in [0.15, 0.2) is 18.2 Å². The van der Waals surface area contributed by atoms with E-state index in [1.807, 2.05) is 0 Å². The molecule has 0 spiro atoms. The van der Waals surface area contributed by atoms with Crippen molar-refractivity contribution in [1.29, 1.82) is 0 Å². The number of nitrogens with one attached hydrogen (secondary N) is 1. The summed E-state index contributed by atoms with van der Waals surface area (Å²) in [6, 6.07) is 3.73. The Labute approximate surface area is 128 Å². The van der Waals surface area contributed by atoms with Gasteiger partial charge < -0.3 is 9.84 Å². The first-order chi connectivity index (χ1) is 10.2. The lowest BCUT2D eigenvalue weighted by molar-refractivity contribution is -0.384. The summed E-state index contributed by atoms with van der Waals surface area (Å²) in [6.07, 6.45) is 2.85. The number of nitrogens with zero attached hydrogens (tertiary/aromatic N) is 1. The van der Waals surface area contributed by atoms with Crippen LogP contribution in [0.1, 0.15) is 25.7 Å². The van der Waals surface area contributed by atoms with Gasteiger partial charge in [0.25, 0.3) is 5.69 Å². The van der Waals surface area contributed by atoms with E-state index in [0.29, 0.717) is 25.7 Å². The average Bonchev–Trinajstić information content (AvgIpc) is 2.41. The van der Waals surface area contributed by atoms with Crippen molar-refractivity contribution in [2.45, 2.75) is 37.9 Å². The highest BCUT2D eigenvalue weighted by Crippen LogP contribution is 2.33. The van der Waals surface area contributed by atoms with Gasteiger partial charge in [0.05, 0.1) is 35.1 Å². The second-order valence-electron chi connectivity index (χ2n) is 5.36. The van der Waals surface area contributed by atoms with Crippen LogP contribution in [0.4, 0.5) is 11.4 Å². The number of hydrogen-bond acceptors (Lipinski definition) is 6. The highest BCUT2D eigenvalue weighted by molar-refractivity contribution is 7.92. The predicted molar refractivity (Wildman–Crippen MR) is 80.5 cm³/mol. The largest absolute Gasteiger partial charge is 0.488 e. The summed E-state index contributed by atoms with van der Waals surface area (Å²) in [5, 5.41) is 20.3. The van der Waals surface area contributed by atoms with Crippen LogP contribution in [-0.2, 0) is 10.0 Å². The number of aliphatic hydroxyl groups is 1. The number of non-ortho nitro benzene ring substituents is 1. The molecule has 1 fully saturated rings. The smallest absolute Gasteiger partial charge is 0.273 e. The number of rotatable bonds is 5. The average molecular weight is 330 g/mol. The van der Waals surface area contributed by atoms with E-state index in [1.165, 1.54) is 18.2 Å². The van der Waals surface area contributed by atoms with Crippen molar-refractivity contribution in [2.75, 3.05) is 11.0 Å². The topological polar surface area (TPSA) is 119 Å². The lowest BCUT2D eigenvalue weighted by Gasteiger charge is -2.27. The van der Waals surface area contributed by atoms with Crippen LogP contribution in [0.25, 0.3) is 0 Å². The first-order valence-electron chi connectivity index (χ1n) is 6.85. The standard InChI is InChI=1S/C13H18N2O6S/c1-22(19,20)14-12-7-2-9(15(17)18)8-13(12)21-11-5-3-10(16)4-6-11/h2,7-8,10-11,14,16H,3-6H2,1H3. The van der Waals surface area contributed by atoms with Crippen molar-refractivity contribution in [3.8, 4) is 5.75 Å². The molecule has 0 saturated heterocycles. The molecule has 122 valence electrons. The minimum absolute atomic E-state index is 0.126. The zero-order chi connectivity index (χ0) is 16.3. The molecule has 8 nitrogen and oxygen atoms in total. The van der Waals surface area contributed by atoms with E-state index < -0.39 is 14.9 Å². The first kappa shape index (κ1) is 16.5. The van der Waals surface area contributed by atoms with Crippen molar-refractivity contribution in [1.82, 2.24) is 0 Å². The van der Waals surface area contributed by atoms with E-state index in [-0.39, 0.29) is 29.3 Å². The number of anilines is 1. The van der Waals surface area contributed by atoms with Crippen molar-refractivity contribution >= 4 is 21.4 Å². The maximum absolute atomic E-state index is 11.4. The van der Waals surface area contributed by atoms with E-state index in [9.17, 15) is 23.6 Å². The number of ether oxygens (including phenoxy) is 1. The zero-order valence-corrected chi connectivity index (χ0v) is 12.9. The molecule has 22 heavy (non-hydrogen) atoms. The molecule has 1 aliphatic rings. The van der Waals surface area contributed by atoms with Crippen LogP contribution in [0, 0.1) is 10.1 Å². The number of aliphatic hydroxyl groups excluding tert-OH is 1. The molecule has 0 aliphatic heterocycles. The molecule has 1 aromatic carbocycles. The van der Waals surface area contributed by atoms with E-state index in [1.54, 1.807) is 0 Å². The molecule has 2 N–H and O–H groups in total. The van der Waals surface area contributed by atoms with Crippen LogP contribution < -0.4 is 9.46 Å². The summed E-state index contributed by atoms with van der Waals surface area (Å²) in [4.78, 5) is 10.3. The minimum atomic E-state index is -3.52. The molecule has 0 bridgehead atoms. The highest BCUT2D eigenvalue weighted by Gasteiger charge is 2.23. The second-order valence-corrected chi connectivity index (χ2v) is 7.11. The number of nitro groups is 1. The van der Waals surface area contributed by atoms with E-state index in [4.69, 9.17) is 4.74 Å². The third-order valence-electron chi connectivity index (χ3n) is 3.41. The summed E-state index contributed by atoms with van der Waals surface area (Å²) in [6.45, 7) is 0. The SMILES string of the molecule is CS(=O)(=O)Nc1ccc([N+](=O)[O-])cc1OC1CCC(O)CC1. The molecule has 0 radical (unpaired) electrons. The molecule has 0 aromatic heterocycles. The maximum Gasteiger partial charge on any atom is 0.273 e. The first-order valence-corrected chi connectivity index (χ1v) is 8.74. The van der Waals surface area contributed by atoms with Gasteiger partial charge in [0.1, 0.15) is 0 Å². The third-order valence-corrected chi connectivity index (χ3v) is 4.00. The van der Waals surface area contributed by atoms with Crippen molar-refractivity contribution < 1.29 is 23.2 Å². The maximum atomic E-state index is 11.4. The van der Waals surface area contributed by atoms with Crippen LogP contribution in [0.5, 0.6) is 5.75 Å². The number of nitro benzene ring substituents is 1. The molecule has 0 atom stereocenters. The highest BCUT2D eigenvalue weighted by atomic mass is 32.2. The van der Waals surface area contributed by atoms with Gasteiger partial charge in [-0.3, -0.25) is 14.8 Å². The van der Waals surface area contributed by atoms with Crippen molar-refractivity contribution in [3.05, 3.63) is 28.3 Å². The number of benzene rings is 1. The Kier molecular flexibility index (Phi) is 4.87. The third kappa shape index (κ3) is 4.57. The van der Waals surface area contributed by atoms with Gasteiger partial charge in [0.15, 0.2) is 5.75 Å². The predicted octanol–water partition coefficient (Wildman–Crippen LogP) is 1.65. The lowest BCUT2D eigenvalue weighted by atomic mass is 9.95. The van der Waals surface area contributed by atoms with Gasteiger partial charge in [-0.1, -0.05) is 0 Å². The van der Waals surface area contributed by atoms with Crippen molar-refractivity contribution in [3.63, 3.8) is 0 Å². The summed E-state index contributed by atoms with van der Waals surface area (Å²) in [5.41, 5.74) is -0.0101. The van der Waals surface area contributed by atoms with Crippen LogP contribution >= 0.6 is 0 Å². The number of hydrogen-bond donors (Lipinski definition) is 2. The summed E-state index contributed by atoms with van der Waals surface area (Å²) in [7, 11) is -3.52. The Morgan fingerprint density at radius 3 is 2.50 bits per heavy atom. The Balaban J connectivity index is 2.24. The molecular weight excluding hydrogens is 312 g/mol. The quantitative estimate of drug-likeness (QED) is 0.626. The van der Waals surface area contributed by atoms with Crippen LogP contribution in [0.3, 0.4) is 0 Å². The van der Waals surface area contributed by atoms with E-state index >= 15 is 0 Å². The molecule has 0 amide bonds. The lowest BCUT2D eigenvalue weighted by Crippen LogP contribution is -2.27. The fourth-order valence-corrected chi connectivity index (χ4v) is 2.92. The Morgan fingerprint density at radius 1 is 1.32 bits per heavy atom. The zero-order valence-electron chi connectivity index (χ0n) is 12.1. The molecule has 2 rings (SSSR count). The Morgan fingerprint density at radius 2 is 1.95 bits per heavy atom. The minimum Gasteiger partial charge on any atom is -0.488 e. The fraction of sp³-hybridized carbons (Fsp3) is 0.538. The second kappa shape index (κ2) is 6.49. The fourth-order valence-electron chi connectivity index (χ4n) is 2.35. The summed E-state index contributed by atoms with van der Waals surface area (Å²) < 4.78 is 30.8. The van der Waals surface area contributed by atoms with E-state index in [2.05, 4.69) is 4.72 Å². The number of sulfonamides is 1. The van der Waals surface area contributed by atoms with Crippen LogP contribution in [-0.4, -0.2) is 36.9 Å². The molecule has 1 aliphatic carbocycles. The Hall–Kier alpha value is -1.87. The molecular formula is C13H18N2O6S. The van der Waals surface area contributed by atoms with Crippen molar-refractivity contribution in [2.24, 2.45) is 0 Å². The van der Waals surface area contributed by atoms with Gasteiger partial charge >= 0.3 is 0 Å². The van der Waals surface area contributed by atoms with Gasteiger partial charge in [-0.15, -0.1) is 0 Å². The van der Waals surface area contributed by atoms with Gasteiger partial charge in [-0.05, 0) is 31.7 Å². The monoisotopic (exact) mass is 330 g/mol. The molecule has 1 saturated carbocycles. The molecule has 9 heteroatoms. The normalized spacial score (nSPS) is 22.1. The molecule has 0 heterocycles. The van der Waals surface area contributed by atoms with Crippen LogP contribution in [0.2, 0.25) is 0 Å². The van der Waals surface area contributed by atoms with Gasteiger partial charge in [0, 0.05) is 6.07 Å². The van der Waals surface area contributed by atoms with Gasteiger partial charge in [-0.25, -0.2) is 8.42 Å². The van der Waals surface area contributed by atoms with E-state index in [0.717, 1.165) is 6.26 Å². The molecule has 0 unspecified atom stereocenters.